The van der Waals surface area contributed by atoms with Crippen molar-refractivity contribution >= 4 is 29.3 Å². The van der Waals surface area contributed by atoms with Gasteiger partial charge in [0.1, 0.15) is 18.0 Å². The van der Waals surface area contributed by atoms with Crippen molar-refractivity contribution in [3.05, 3.63) is 46.7 Å². The van der Waals surface area contributed by atoms with E-state index in [0.717, 1.165) is 5.56 Å². The second-order valence-corrected chi connectivity index (χ2v) is 7.72. The lowest BCUT2D eigenvalue weighted by Crippen LogP contribution is -2.55. The Morgan fingerprint density at radius 1 is 1.38 bits per heavy atom. The number of esters is 1. The van der Waals surface area contributed by atoms with Gasteiger partial charge in [-0.3, -0.25) is 19.5 Å². The molecule has 10 nitrogen and oxygen atoms in total. The topological polar surface area (TPSA) is 129 Å². The molecule has 2 aromatic heterocycles. The summed E-state index contributed by atoms with van der Waals surface area (Å²) >= 11 is 6.02. The zero-order valence-electron chi connectivity index (χ0n) is 17.9. The van der Waals surface area contributed by atoms with Crippen molar-refractivity contribution in [3.8, 4) is 5.88 Å². The summed E-state index contributed by atoms with van der Waals surface area (Å²) in [5.74, 6) is -0.558. The fourth-order valence-corrected chi connectivity index (χ4v) is 3.60. The van der Waals surface area contributed by atoms with E-state index in [1.165, 1.54) is 13.2 Å². The number of piperidine rings is 1. The Morgan fingerprint density at radius 2 is 2.19 bits per heavy atom. The fraction of sp³-hybridized carbons (Fsp3) is 0.429. The van der Waals surface area contributed by atoms with Gasteiger partial charge in [0.15, 0.2) is 0 Å². The van der Waals surface area contributed by atoms with E-state index in [2.05, 4.69) is 15.3 Å². The lowest BCUT2D eigenvalue weighted by atomic mass is 10.0. The maximum atomic E-state index is 12.8. The van der Waals surface area contributed by atoms with Gasteiger partial charge in [-0.2, -0.15) is 4.98 Å². The first kappa shape index (κ1) is 23.7. The number of hydrogen-bond acceptors (Lipinski definition) is 9. The van der Waals surface area contributed by atoms with E-state index in [0.29, 0.717) is 19.5 Å². The smallest absolute Gasteiger partial charge is 0.320 e. The number of aromatic nitrogens is 2. The number of methoxy groups -OCH3 is 2. The summed E-state index contributed by atoms with van der Waals surface area (Å²) in [5.41, 5.74) is 6.69. The van der Waals surface area contributed by atoms with Crippen LogP contribution in [0.15, 0.2) is 30.6 Å². The Balaban J connectivity index is 1.55. The van der Waals surface area contributed by atoms with Crippen LogP contribution >= 0.6 is 11.6 Å². The zero-order valence-corrected chi connectivity index (χ0v) is 18.7. The van der Waals surface area contributed by atoms with E-state index < -0.39 is 5.91 Å². The number of pyridine rings is 2. The molecule has 1 fully saturated rings. The summed E-state index contributed by atoms with van der Waals surface area (Å²) in [7, 11) is 2.96. The molecule has 0 radical (unpaired) electrons. The molecule has 1 aliphatic heterocycles. The summed E-state index contributed by atoms with van der Waals surface area (Å²) in [6.07, 6.45) is 3.58. The third kappa shape index (κ3) is 6.06. The quantitative estimate of drug-likeness (QED) is 0.556. The summed E-state index contributed by atoms with van der Waals surface area (Å²) in [4.78, 5) is 35.0. The van der Waals surface area contributed by atoms with Crippen LogP contribution in [0.25, 0.3) is 0 Å². The van der Waals surface area contributed by atoms with E-state index in [9.17, 15) is 9.59 Å². The molecule has 0 aromatic carbocycles. The predicted octanol–water partition coefficient (Wildman–Crippen LogP) is 1.28. The first-order valence-corrected chi connectivity index (χ1v) is 10.4. The van der Waals surface area contributed by atoms with E-state index in [1.54, 1.807) is 25.6 Å². The number of carbonyl (C=O) groups is 2. The largest absolute Gasteiger partial charge is 0.480 e. The minimum absolute atomic E-state index is 0.0820. The van der Waals surface area contributed by atoms with Gasteiger partial charge in [0.25, 0.3) is 5.91 Å². The lowest BCUT2D eigenvalue weighted by Gasteiger charge is -2.37. The van der Waals surface area contributed by atoms with Crippen molar-refractivity contribution in [2.45, 2.75) is 25.2 Å². The van der Waals surface area contributed by atoms with Crippen molar-refractivity contribution in [3.63, 3.8) is 0 Å². The average molecular weight is 464 g/mol. The number of ether oxygens (including phenoxy) is 3. The standard InChI is InChI=1S/C21H26ClN5O5/c1-30-17-10-27(11-18(28)32-12-13-4-3-6-24-9-13)7-5-16(17)25-20(29)14-8-15(22)19(23)26-21(14)31-2/h3-4,6,8-9,16-17H,5,7,10-12H2,1-2H3,(H2,23,26)(H,25,29). The number of hydrogen-bond donors (Lipinski definition) is 2. The van der Waals surface area contributed by atoms with Gasteiger partial charge in [0.2, 0.25) is 5.88 Å². The highest BCUT2D eigenvalue weighted by atomic mass is 35.5. The number of nitrogens with one attached hydrogen (secondary N) is 1. The summed E-state index contributed by atoms with van der Waals surface area (Å²) in [5, 5.41) is 3.11. The average Bonchev–Trinajstić information content (AvgIpc) is 2.80. The molecule has 3 N–H and O–H groups in total. The van der Waals surface area contributed by atoms with Crippen LogP contribution in [0.2, 0.25) is 5.02 Å². The number of anilines is 1. The molecule has 172 valence electrons. The minimum atomic E-state index is -0.396. The van der Waals surface area contributed by atoms with E-state index in [-0.39, 0.29) is 53.6 Å². The normalized spacial score (nSPS) is 18.7. The van der Waals surface area contributed by atoms with Gasteiger partial charge in [0, 0.05) is 38.2 Å². The molecule has 2 aromatic rings. The predicted molar refractivity (Wildman–Crippen MR) is 117 cm³/mol. The van der Waals surface area contributed by atoms with Crippen LogP contribution in [0.4, 0.5) is 5.82 Å². The molecule has 2 atom stereocenters. The number of likely N-dealkylation sites (tertiary alicyclic amines) is 1. The number of carbonyl (C=O) groups excluding carboxylic acids is 2. The van der Waals surface area contributed by atoms with Crippen LogP contribution in [0.3, 0.4) is 0 Å². The van der Waals surface area contributed by atoms with Gasteiger partial charge in [-0.1, -0.05) is 17.7 Å². The highest BCUT2D eigenvalue weighted by molar-refractivity contribution is 6.33. The molecule has 32 heavy (non-hydrogen) atoms. The minimum Gasteiger partial charge on any atom is -0.480 e. The Labute approximate surface area is 191 Å². The van der Waals surface area contributed by atoms with Gasteiger partial charge in [0.05, 0.1) is 30.8 Å². The van der Waals surface area contributed by atoms with Crippen LogP contribution in [-0.2, 0) is 20.9 Å². The summed E-state index contributed by atoms with van der Waals surface area (Å²) in [6.45, 7) is 1.35. The molecule has 11 heteroatoms. The molecular formula is C21H26ClN5O5. The summed E-state index contributed by atoms with van der Waals surface area (Å²) in [6, 6.07) is 4.79. The Kier molecular flexibility index (Phi) is 8.20. The molecule has 1 aliphatic rings. The van der Waals surface area contributed by atoms with Gasteiger partial charge in [-0.15, -0.1) is 0 Å². The molecule has 3 rings (SSSR count). The van der Waals surface area contributed by atoms with Crippen molar-refractivity contribution in [1.29, 1.82) is 0 Å². The number of halogens is 1. The van der Waals surface area contributed by atoms with Crippen LogP contribution in [0, 0.1) is 0 Å². The highest BCUT2D eigenvalue weighted by Gasteiger charge is 2.32. The second-order valence-electron chi connectivity index (χ2n) is 7.31. The third-order valence-electron chi connectivity index (χ3n) is 5.14. The monoisotopic (exact) mass is 463 g/mol. The van der Waals surface area contributed by atoms with E-state index >= 15 is 0 Å². The Morgan fingerprint density at radius 3 is 2.88 bits per heavy atom. The van der Waals surface area contributed by atoms with Gasteiger partial charge >= 0.3 is 5.97 Å². The van der Waals surface area contributed by atoms with Crippen molar-refractivity contribution < 1.29 is 23.8 Å². The summed E-state index contributed by atoms with van der Waals surface area (Å²) < 4.78 is 16.0. The molecule has 0 spiro atoms. The van der Waals surface area contributed by atoms with Gasteiger partial charge < -0.3 is 25.3 Å². The molecular weight excluding hydrogens is 438 g/mol. The third-order valence-corrected chi connectivity index (χ3v) is 5.45. The molecule has 0 saturated carbocycles. The first-order valence-electron chi connectivity index (χ1n) is 10.0. The number of amides is 1. The maximum Gasteiger partial charge on any atom is 0.320 e. The molecule has 0 bridgehead atoms. The van der Waals surface area contributed by atoms with Crippen molar-refractivity contribution in [2.75, 3.05) is 39.6 Å². The van der Waals surface area contributed by atoms with E-state index in [1.807, 2.05) is 11.0 Å². The SMILES string of the molecule is COc1nc(N)c(Cl)cc1C(=O)NC1CCN(CC(=O)OCc2cccnc2)CC1OC. The van der Waals surface area contributed by atoms with Crippen molar-refractivity contribution in [1.82, 2.24) is 20.2 Å². The van der Waals surface area contributed by atoms with E-state index in [4.69, 9.17) is 31.5 Å². The fourth-order valence-electron chi connectivity index (χ4n) is 3.45. The number of nitrogens with zero attached hydrogens (tertiary/aromatic N) is 3. The number of nitrogen functional groups attached to an aromatic ring is 1. The first-order chi connectivity index (χ1) is 15.4. The van der Waals surface area contributed by atoms with Gasteiger partial charge in [-0.05, 0) is 18.6 Å². The molecule has 0 aliphatic carbocycles. The molecule has 1 saturated heterocycles. The van der Waals surface area contributed by atoms with Crippen LogP contribution < -0.4 is 15.8 Å². The lowest BCUT2D eigenvalue weighted by molar-refractivity contribution is -0.147. The Bertz CT molecular complexity index is 946. The zero-order chi connectivity index (χ0) is 23.1. The number of nitrogens with two attached hydrogens (primary N) is 1. The number of rotatable bonds is 8. The molecule has 2 unspecified atom stereocenters. The molecule has 1 amide bonds. The van der Waals surface area contributed by atoms with Crippen LogP contribution in [-0.4, -0.2) is 72.7 Å². The molecule has 3 heterocycles. The second kappa shape index (κ2) is 11.1. The van der Waals surface area contributed by atoms with Crippen molar-refractivity contribution in [2.24, 2.45) is 0 Å². The Hall–Kier alpha value is -2.95. The highest BCUT2D eigenvalue weighted by Crippen LogP contribution is 2.25. The van der Waals surface area contributed by atoms with Gasteiger partial charge in [-0.25, -0.2) is 0 Å². The van der Waals surface area contributed by atoms with Crippen LogP contribution in [0.5, 0.6) is 5.88 Å². The van der Waals surface area contributed by atoms with Crippen LogP contribution in [0.1, 0.15) is 22.3 Å². The maximum absolute atomic E-state index is 12.8.